The Morgan fingerprint density at radius 2 is 2.24 bits per heavy atom. The predicted molar refractivity (Wildman–Crippen MR) is 66.6 cm³/mol. The summed E-state index contributed by atoms with van der Waals surface area (Å²) in [4.78, 5) is 15.8. The fraction of sp³-hybridized carbons (Fsp3) is 0.538. The normalized spacial score (nSPS) is 19.9. The van der Waals surface area contributed by atoms with Crippen molar-refractivity contribution in [2.45, 2.75) is 31.7 Å². The zero-order valence-electron chi connectivity index (χ0n) is 9.98. The maximum absolute atomic E-state index is 11.8. The monoisotopic (exact) mass is 233 g/mol. The van der Waals surface area contributed by atoms with Crippen LogP contribution in [0.15, 0.2) is 24.5 Å². The molecule has 0 spiro atoms. The smallest absolute Gasteiger partial charge is 0.237 e. The molecule has 2 rings (SSSR count). The molecule has 92 valence electrons. The summed E-state index contributed by atoms with van der Waals surface area (Å²) in [5, 5.41) is 6.22. The summed E-state index contributed by atoms with van der Waals surface area (Å²) in [5.74, 6) is 0.138. The second-order valence-corrected chi connectivity index (χ2v) is 4.40. The van der Waals surface area contributed by atoms with Crippen LogP contribution in [0.3, 0.4) is 0 Å². The molecule has 2 N–H and O–H groups in total. The molecule has 17 heavy (non-hydrogen) atoms. The number of aromatic nitrogens is 1. The standard InChI is InChI=1S/C13H19N3O/c17-13(12-3-1-2-7-15-12)16-10-6-11-4-8-14-9-5-11/h4-5,8-9,12,15H,1-3,6-7,10H2,(H,16,17). The van der Waals surface area contributed by atoms with Crippen molar-refractivity contribution < 1.29 is 4.79 Å². The van der Waals surface area contributed by atoms with Gasteiger partial charge in [-0.2, -0.15) is 0 Å². The lowest BCUT2D eigenvalue weighted by Crippen LogP contribution is -2.47. The molecule has 1 saturated heterocycles. The summed E-state index contributed by atoms with van der Waals surface area (Å²) in [6, 6.07) is 3.97. The summed E-state index contributed by atoms with van der Waals surface area (Å²) in [7, 11) is 0. The Morgan fingerprint density at radius 3 is 2.94 bits per heavy atom. The van der Waals surface area contributed by atoms with E-state index in [1.807, 2.05) is 12.1 Å². The van der Waals surface area contributed by atoms with Crippen molar-refractivity contribution in [1.82, 2.24) is 15.6 Å². The van der Waals surface area contributed by atoms with Crippen LogP contribution in [-0.2, 0) is 11.2 Å². The van der Waals surface area contributed by atoms with Gasteiger partial charge in [-0.05, 0) is 43.5 Å². The number of hydrogen-bond donors (Lipinski definition) is 2. The maximum Gasteiger partial charge on any atom is 0.237 e. The number of pyridine rings is 1. The minimum atomic E-state index is 0.0150. The van der Waals surface area contributed by atoms with Crippen molar-refractivity contribution in [1.29, 1.82) is 0 Å². The molecule has 1 aromatic rings. The highest BCUT2D eigenvalue weighted by atomic mass is 16.2. The summed E-state index contributed by atoms with van der Waals surface area (Å²) in [5.41, 5.74) is 1.21. The van der Waals surface area contributed by atoms with Crippen LogP contribution in [0.4, 0.5) is 0 Å². The number of rotatable bonds is 4. The average molecular weight is 233 g/mol. The highest BCUT2D eigenvalue weighted by molar-refractivity contribution is 5.81. The third kappa shape index (κ3) is 3.82. The van der Waals surface area contributed by atoms with Crippen LogP contribution >= 0.6 is 0 Å². The minimum absolute atomic E-state index is 0.0150. The number of carbonyl (C=O) groups is 1. The quantitative estimate of drug-likeness (QED) is 0.812. The lowest BCUT2D eigenvalue weighted by Gasteiger charge is -2.22. The van der Waals surface area contributed by atoms with Crippen molar-refractivity contribution in [3.63, 3.8) is 0 Å². The Kier molecular flexibility index (Phi) is 4.50. The highest BCUT2D eigenvalue weighted by Crippen LogP contribution is 2.06. The van der Waals surface area contributed by atoms with Crippen molar-refractivity contribution in [2.75, 3.05) is 13.1 Å². The molecule has 0 bridgehead atoms. The number of nitrogens with one attached hydrogen (secondary N) is 2. The largest absolute Gasteiger partial charge is 0.354 e. The van der Waals surface area contributed by atoms with Crippen LogP contribution in [-0.4, -0.2) is 30.0 Å². The molecule has 2 heterocycles. The van der Waals surface area contributed by atoms with Crippen molar-refractivity contribution in [3.8, 4) is 0 Å². The fourth-order valence-electron chi connectivity index (χ4n) is 2.08. The SMILES string of the molecule is O=C(NCCc1ccncc1)C1CCCCN1. The van der Waals surface area contributed by atoms with Gasteiger partial charge < -0.3 is 10.6 Å². The fourth-order valence-corrected chi connectivity index (χ4v) is 2.08. The van der Waals surface area contributed by atoms with Crippen LogP contribution in [0.5, 0.6) is 0 Å². The van der Waals surface area contributed by atoms with E-state index >= 15 is 0 Å². The lowest BCUT2D eigenvalue weighted by molar-refractivity contribution is -0.123. The van der Waals surface area contributed by atoms with E-state index in [1.54, 1.807) is 12.4 Å². The van der Waals surface area contributed by atoms with Gasteiger partial charge in [-0.1, -0.05) is 6.42 Å². The van der Waals surface area contributed by atoms with E-state index < -0.39 is 0 Å². The van der Waals surface area contributed by atoms with E-state index in [2.05, 4.69) is 15.6 Å². The van der Waals surface area contributed by atoms with Gasteiger partial charge in [0.05, 0.1) is 6.04 Å². The highest BCUT2D eigenvalue weighted by Gasteiger charge is 2.19. The molecule has 0 radical (unpaired) electrons. The summed E-state index contributed by atoms with van der Waals surface area (Å²) in [6.45, 7) is 1.66. The Hall–Kier alpha value is -1.42. The molecule has 1 aromatic heterocycles. The molecule has 4 nitrogen and oxygen atoms in total. The first kappa shape index (κ1) is 12.0. The maximum atomic E-state index is 11.8. The molecular formula is C13H19N3O. The Morgan fingerprint density at radius 1 is 1.41 bits per heavy atom. The first-order chi connectivity index (χ1) is 8.36. The molecule has 1 aliphatic rings. The molecule has 1 aliphatic heterocycles. The third-order valence-corrected chi connectivity index (χ3v) is 3.09. The van der Waals surface area contributed by atoms with Crippen LogP contribution in [0.2, 0.25) is 0 Å². The van der Waals surface area contributed by atoms with Crippen LogP contribution in [0, 0.1) is 0 Å². The third-order valence-electron chi connectivity index (χ3n) is 3.09. The molecule has 1 amide bonds. The van der Waals surface area contributed by atoms with Gasteiger partial charge in [-0.3, -0.25) is 9.78 Å². The summed E-state index contributed by atoms with van der Waals surface area (Å²) in [6.07, 6.45) is 7.71. The van der Waals surface area contributed by atoms with Crippen molar-refractivity contribution >= 4 is 5.91 Å². The molecule has 1 unspecified atom stereocenters. The zero-order valence-corrected chi connectivity index (χ0v) is 9.98. The lowest BCUT2D eigenvalue weighted by atomic mass is 10.0. The number of nitrogens with zero attached hydrogens (tertiary/aromatic N) is 1. The molecule has 4 heteroatoms. The van der Waals surface area contributed by atoms with E-state index in [1.165, 1.54) is 12.0 Å². The van der Waals surface area contributed by atoms with Gasteiger partial charge in [-0.15, -0.1) is 0 Å². The minimum Gasteiger partial charge on any atom is -0.354 e. The van der Waals surface area contributed by atoms with Crippen molar-refractivity contribution in [2.24, 2.45) is 0 Å². The van der Waals surface area contributed by atoms with Gasteiger partial charge in [-0.25, -0.2) is 0 Å². The number of carbonyl (C=O) groups excluding carboxylic acids is 1. The van der Waals surface area contributed by atoms with Crippen LogP contribution < -0.4 is 10.6 Å². The number of amides is 1. The molecule has 0 aliphatic carbocycles. The Labute approximate surface area is 102 Å². The van der Waals surface area contributed by atoms with Crippen LogP contribution in [0.1, 0.15) is 24.8 Å². The van der Waals surface area contributed by atoms with E-state index in [9.17, 15) is 4.79 Å². The Balaban J connectivity index is 1.69. The topological polar surface area (TPSA) is 54.0 Å². The van der Waals surface area contributed by atoms with Crippen LogP contribution in [0.25, 0.3) is 0 Å². The summed E-state index contributed by atoms with van der Waals surface area (Å²) < 4.78 is 0. The first-order valence-electron chi connectivity index (χ1n) is 6.26. The summed E-state index contributed by atoms with van der Waals surface area (Å²) >= 11 is 0. The number of piperidine rings is 1. The second-order valence-electron chi connectivity index (χ2n) is 4.40. The second kappa shape index (κ2) is 6.35. The van der Waals surface area contributed by atoms with Crippen molar-refractivity contribution in [3.05, 3.63) is 30.1 Å². The average Bonchev–Trinajstić information content (AvgIpc) is 2.41. The van der Waals surface area contributed by atoms with E-state index in [0.717, 1.165) is 25.8 Å². The van der Waals surface area contributed by atoms with Gasteiger partial charge in [0.1, 0.15) is 0 Å². The zero-order chi connectivity index (χ0) is 11.9. The van der Waals surface area contributed by atoms with Gasteiger partial charge in [0.15, 0.2) is 0 Å². The molecule has 0 aromatic carbocycles. The van der Waals surface area contributed by atoms with Gasteiger partial charge in [0.2, 0.25) is 5.91 Å². The number of hydrogen-bond acceptors (Lipinski definition) is 3. The van der Waals surface area contributed by atoms with E-state index in [-0.39, 0.29) is 11.9 Å². The molecular weight excluding hydrogens is 214 g/mol. The van der Waals surface area contributed by atoms with Gasteiger partial charge in [0, 0.05) is 18.9 Å². The first-order valence-corrected chi connectivity index (χ1v) is 6.26. The van der Waals surface area contributed by atoms with Gasteiger partial charge in [0.25, 0.3) is 0 Å². The molecule has 1 atom stereocenters. The van der Waals surface area contributed by atoms with E-state index in [4.69, 9.17) is 0 Å². The van der Waals surface area contributed by atoms with E-state index in [0.29, 0.717) is 6.54 Å². The van der Waals surface area contributed by atoms with Gasteiger partial charge >= 0.3 is 0 Å². The predicted octanol–water partition coefficient (Wildman–Crippen LogP) is 0.882. The Bertz CT molecular complexity index is 347. The molecule has 0 saturated carbocycles. The molecule has 1 fully saturated rings.